The number of aromatic nitrogens is 2. The quantitative estimate of drug-likeness (QED) is 0.596. The lowest BCUT2D eigenvalue weighted by atomic mass is 9.87. The zero-order chi connectivity index (χ0) is 24.9. The Morgan fingerprint density at radius 1 is 1.15 bits per heavy atom. The molecule has 33 heavy (non-hydrogen) atoms. The van der Waals surface area contributed by atoms with Gasteiger partial charge in [-0.2, -0.15) is 0 Å². The largest absolute Gasteiger partial charge is 0.481 e. The zero-order valence-corrected chi connectivity index (χ0v) is 20.9. The number of nitrogens with two attached hydrogens (primary N) is 1. The van der Waals surface area contributed by atoms with Crippen molar-refractivity contribution in [1.29, 1.82) is 0 Å². The van der Waals surface area contributed by atoms with Crippen LogP contribution in [0.2, 0.25) is 0 Å². The minimum atomic E-state index is -0.862. The third kappa shape index (κ3) is 6.49. The second-order valence-electron chi connectivity index (χ2n) is 9.88. The summed E-state index contributed by atoms with van der Waals surface area (Å²) < 4.78 is 7.23. The molecule has 0 aliphatic heterocycles. The Morgan fingerprint density at radius 3 is 2.27 bits per heavy atom. The van der Waals surface area contributed by atoms with Crippen molar-refractivity contribution in [1.82, 2.24) is 9.55 Å². The topological polar surface area (TPSA) is 110 Å². The maximum absolute atomic E-state index is 13.4. The van der Waals surface area contributed by atoms with E-state index in [-0.39, 0.29) is 29.4 Å². The summed E-state index contributed by atoms with van der Waals surface area (Å²) in [5.41, 5.74) is 6.16. The van der Waals surface area contributed by atoms with Gasteiger partial charge in [-0.15, -0.1) is 0 Å². The maximum Gasteiger partial charge on any atom is 0.330 e. The van der Waals surface area contributed by atoms with Crippen LogP contribution in [-0.2, 0) is 16.8 Å². The molecule has 0 radical (unpaired) electrons. The van der Waals surface area contributed by atoms with Gasteiger partial charge in [0.15, 0.2) is 11.8 Å². The van der Waals surface area contributed by atoms with Crippen molar-refractivity contribution in [2.75, 3.05) is 17.2 Å². The van der Waals surface area contributed by atoms with Gasteiger partial charge >= 0.3 is 5.69 Å². The summed E-state index contributed by atoms with van der Waals surface area (Å²) in [5, 5.41) is 0. The van der Waals surface area contributed by atoms with Crippen molar-refractivity contribution in [3.05, 3.63) is 50.7 Å². The van der Waals surface area contributed by atoms with Gasteiger partial charge in [-0.1, -0.05) is 60.1 Å². The monoisotopic (exact) mass is 458 g/mol. The third-order valence-electron chi connectivity index (χ3n) is 5.41. The van der Waals surface area contributed by atoms with E-state index >= 15 is 0 Å². The van der Waals surface area contributed by atoms with Crippen LogP contribution >= 0.6 is 0 Å². The van der Waals surface area contributed by atoms with Crippen molar-refractivity contribution in [3.8, 4) is 5.75 Å². The number of hydrogen-bond acceptors (Lipinski definition) is 5. The van der Waals surface area contributed by atoms with Crippen LogP contribution in [0.5, 0.6) is 5.75 Å². The summed E-state index contributed by atoms with van der Waals surface area (Å²) in [5.74, 6) is 0.208. The average Bonchev–Trinajstić information content (AvgIpc) is 2.71. The molecule has 1 heterocycles. The highest BCUT2D eigenvalue weighted by molar-refractivity contribution is 5.98. The summed E-state index contributed by atoms with van der Waals surface area (Å²) >= 11 is 0. The molecule has 8 nitrogen and oxygen atoms in total. The Hall–Kier alpha value is -3.03. The van der Waals surface area contributed by atoms with E-state index in [0.717, 1.165) is 18.4 Å². The molecule has 1 aromatic heterocycles. The molecule has 8 heteroatoms. The minimum absolute atomic E-state index is 0.00655. The van der Waals surface area contributed by atoms with Gasteiger partial charge in [0, 0.05) is 13.1 Å². The van der Waals surface area contributed by atoms with Crippen LogP contribution in [0.3, 0.4) is 0 Å². The number of nitrogen functional groups attached to an aromatic ring is 1. The van der Waals surface area contributed by atoms with Gasteiger partial charge in [0.05, 0.1) is 0 Å². The number of rotatable bonds is 9. The van der Waals surface area contributed by atoms with E-state index in [1.165, 1.54) is 9.47 Å². The van der Waals surface area contributed by atoms with Crippen LogP contribution < -0.4 is 26.6 Å². The Labute approximate surface area is 195 Å². The summed E-state index contributed by atoms with van der Waals surface area (Å²) in [6.45, 7) is 14.5. The fourth-order valence-electron chi connectivity index (χ4n) is 3.54. The molecule has 0 saturated heterocycles. The van der Waals surface area contributed by atoms with Crippen LogP contribution in [0.15, 0.2) is 33.9 Å². The lowest BCUT2D eigenvalue weighted by molar-refractivity contribution is -0.124. The highest BCUT2D eigenvalue weighted by atomic mass is 16.5. The normalized spacial score (nSPS) is 12.6. The second kappa shape index (κ2) is 10.7. The fraction of sp³-hybridized carbons (Fsp3) is 0.560. The van der Waals surface area contributed by atoms with E-state index in [9.17, 15) is 14.4 Å². The molecule has 1 aromatic carbocycles. The molecule has 1 atom stereocenters. The first-order valence-corrected chi connectivity index (χ1v) is 11.6. The van der Waals surface area contributed by atoms with Gasteiger partial charge in [-0.25, -0.2) is 4.79 Å². The second-order valence-corrected chi connectivity index (χ2v) is 9.88. The Bertz CT molecular complexity index is 1060. The third-order valence-corrected chi connectivity index (χ3v) is 5.41. The molecule has 0 aliphatic rings. The van der Waals surface area contributed by atoms with Crippen LogP contribution in [0.25, 0.3) is 0 Å². The van der Waals surface area contributed by atoms with Gasteiger partial charge in [-0.3, -0.25) is 19.1 Å². The summed E-state index contributed by atoms with van der Waals surface area (Å²) in [6, 6.07) is 7.63. The van der Waals surface area contributed by atoms with E-state index in [1.807, 2.05) is 45.0 Å². The van der Waals surface area contributed by atoms with Crippen molar-refractivity contribution >= 4 is 17.4 Å². The highest BCUT2D eigenvalue weighted by Gasteiger charge is 2.29. The van der Waals surface area contributed by atoms with E-state index in [0.29, 0.717) is 12.3 Å². The molecule has 2 aromatic rings. The number of benzene rings is 1. The smallest absolute Gasteiger partial charge is 0.330 e. The summed E-state index contributed by atoms with van der Waals surface area (Å²) in [7, 11) is 0. The van der Waals surface area contributed by atoms with E-state index in [2.05, 4.69) is 25.8 Å². The Balaban J connectivity index is 2.39. The molecule has 0 spiro atoms. The zero-order valence-electron chi connectivity index (χ0n) is 20.9. The molecule has 182 valence electrons. The van der Waals surface area contributed by atoms with Crippen molar-refractivity contribution in [3.63, 3.8) is 0 Å². The predicted molar refractivity (Wildman–Crippen MR) is 133 cm³/mol. The van der Waals surface area contributed by atoms with Gasteiger partial charge < -0.3 is 15.4 Å². The van der Waals surface area contributed by atoms with E-state index in [4.69, 9.17) is 10.5 Å². The number of H-pyrrole nitrogens is 1. The number of anilines is 2. The fourth-order valence-corrected chi connectivity index (χ4v) is 3.54. The van der Waals surface area contributed by atoms with Crippen LogP contribution in [0.4, 0.5) is 11.5 Å². The molecule has 1 amide bonds. The Morgan fingerprint density at radius 2 is 1.76 bits per heavy atom. The van der Waals surface area contributed by atoms with E-state index in [1.54, 1.807) is 6.92 Å². The number of unbranched alkanes of at least 4 members (excludes halogenated alkanes) is 1. The SMILES string of the molecule is CCCCn1c(N)c(N(CC(C)C)C(=O)C(C)Oc2ccc(C(C)(C)C)cc2)c(=O)[nH]c1=O. The van der Waals surface area contributed by atoms with Gasteiger partial charge in [0.2, 0.25) is 0 Å². The molecule has 0 fully saturated rings. The number of nitrogens with one attached hydrogen (secondary N) is 1. The van der Waals surface area contributed by atoms with Gasteiger partial charge in [0.25, 0.3) is 11.5 Å². The first kappa shape index (κ1) is 26.2. The number of carbonyl (C=O) groups excluding carboxylic acids is 1. The molecule has 0 aliphatic carbocycles. The first-order valence-electron chi connectivity index (χ1n) is 11.6. The average molecular weight is 459 g/mol. The molecule has 3 N–H and O–H groups in total. The predicted octanol–water partition coefficient (Wildman–Crippen LogP) is 3.67. The van der Waals surface area contributed by atoms with Crippen LogP contribution in [-0.4, -0.2) is 28.1 Å². The highest BCUT2D eigenvalue weighted by Crippen LogP contribution is 2.25. The molecule has 2 rings (SSSR count). The van der Waals surface area contributed by atoms with Crippen LogP contribution in [0, 0.1) is 5.92 Å². The number of amides is 1. The summed E-state index contributed by atoms with van der Waals surface area (Å²) in [4.78, 5) is 42.1. The van der Waals surface area contributed by atoms with Crippen molar-refractivity contribution in [2.45, 2.75) is 79.4 Å². The van der Waals surface area contributed by atoms with Gasteiger partial charge in [0.1, 0.15) is 11.6 Å². The maximum atomic E-state index is 13.4. The van der Waals surface area contributed by atoms with Crippen molar-refractivity contribution < 1.29 is 9.53 Å². The Kier molecular flexibility index (Phi) is 8.52. The molecular weight excluding hydrogens is 420 g/mol. The lowest BCUT2D eigenvalue weighted by Crippen LogP contribution is -2.47. The number of nitrogens with zero attached hydrogens (tertiary/aromatic N) is 2. The summed E-state index contributed by atoms with van der Waals surface area (Å²) in [6.07, 6.45) is 0.713. The first-order chi connectivity index (χ1) is 15.4. The lowest BCUT2D eigenvalue weighted by Gasteiger charge is -2.28. The van der Waals surface area contributed by atoms with Gasteiger partial charge in [-0.05, 0) is 42.4 Å². The molecule has 0 bridgehead atoms. The number of aromatic amines is 1. The number of carbonyl (C=O) groups is 1. The molecule has 1 unspecified atom stereocenters. The number of hydrogen-bond donors (Lipinski definition) is 2. The van der Waals surface area contributed by atoms with Crippen molar-refractivity contribution in [2.24, 2.45) is 5.92 Å². The minimum Gasteiger partial charge on any atom is -0.481 e. The van der Waals surface area contributed by atoms with Crippen LogP contribution in [0.1, 0.15) is 66.9 Å². The standard InChI is InChI=1S/C25H38N4O4/c1-8-9-14-28-21(26)20(22(30)27-24(28)32)29(15-16(2)3)23(31)17(4)33-19-12-10-18(11-13-19)25(5,6)7/h10-13,16-17H,8-9,14-15,26H2,1-7H3,(H,27,30,32). The van der Waals surface area contributed by atoms with E-state index < -0.39 is 23.3 Å². The number of ether oxygens (including phenoxy) is 1. The molecule has 0 saturated carbocycles. The molecular formula is C25H38N4O4.